The number of hydrogen-bond acceptors (Lipinski definition) is 3. The lowest BCUT2D eigenvalue weighted by Gasteiger charge is -2.09. The molecule has 2 rings (SSSR count). The van der Waals surface area contributed by atoms with Crippen molar-refractivity contribution in [3.05, 3.63) is 29.6 Å². The van der Waals surface area contributed by atoms with Gasteiger partial charge in [0.15, 0.2) is 0 Å². The number of rotatable bonds is 5. The molecule has 0 aromatic heterocycles. The summed E-state index contributed by atoms with van der Waals surface area (Å²) in [4.78, 5) is -0.405. The summed E-state index contributed by atoms with van der Waals surface area (Å²) in [7, 11) is -3.86. The molecule has 0 heterocycles. The van der Waals surface area contributed by atoms with Crippen LogP contribution >= 0.6 is 0 Å². The van der Waals surface area contributed by atoms with E-state index in [0.717, 1.165) is 18.6 Å². The van der Waals surface area contributed by atoms with Crippen molar-refractivity contribution in [2.24, 2.45) is 11.3 Å². The van der Waals surface area contributed by atoms with Gasteiger partial charge >= 0.3 is 0 Å². The minimum absolute atomic E-state index is 0.161. The maximum absolute atomic E-state index is 13.6. The molecule has 0 radical (unpaired) electrons. The first-order valence-electron chi connectivity index (χ1n) is 6.15. The van der Waals surface area contributed by atoms with E-state index in [1.54, 1.807) is 0 Å². The third kappa shape index (κ3) is 3.13. The van der Waals surface area contributed by atoms with Crippen molar-refractivity contribution in [2.45, 2.75) is 31.8 Å². The summed E-state index contributed by atoms with van der Waals surface area (Å²) in [5.41, 5.74) is 0.530. The Bertz CT molecular complexity index is 584. The smallest absolute Gasteiger partial charge is 0.243 e. The van der Waals surface area contributed by atoms with Crippen LogP contribution in [0.2, 0.25) is 0 Å². The summed E-state index contributed by atoms with van der Waals surface area (Å²) in [6.45, 7) is 4.13. The molecule has 1 saturated carbocycles. The number of halogens is 1. The lowest BCUT2D eigenvalue weighted by atomic mass is 10.1. The van der Waals surface area contributed by atoms with E-state index in [9.17, 15) is 12.8 Å². The van der Waals surface area contributed by atoms with Crippen LogP contribution in [-0.2, 0) is 16.6 Å². The summed E-state index contributed by atoms with van der Waals surface area (Å²) >= 11 is 0. The summed E-state index contributed by atoms with van der Waals surface area (Å²) in [6, 6.07) is 3.58. The minimum Gasteiger partial charge on any atom is -0.392 e. The van der Waals surface area contributed by atoms with Gasteiger partial charge in [-0.25, -0.2) is 17.5 Å². The topological polar surface area (TPSA) is 66.4 Å². The van der Waals surface area contributed by atoms with E-state index in [2.05, 4.69) is 18.6 Å². The van der Waals surface area contributed by atoms with Crippen molar-refractivity contribution in [3.8, 4) is 0 Å². The molecule has 1 aromatic carbocycles. The van der Waals surface area contributed by atoms with Crippen LogP contribution in [0.3, 0.4) is 0 Å². The fourth-order valence-electron chi connectivity index (χ4n) is 2.06. The van der Waals surface area contributed by atoms with E-state index >= 15 is 0 Å². The molecular weight excluding hydrogens is 269 g/mol. The third-order valence-electron chi connectivity index (χ3n) is 3.71. The Morgan fingerprint density at radius 1 is 1.47 bits per heavy atom. The first-order valence-corrected chi connectivity index (χ1v) is 7.63. The minimum atomic E-state index is -3.86. The predicted molar refractivity (Wildman–Crippen MR) is 69.4 cm³/mol. The molecule has 106 valence electrons. The van der Waals surface area contributed by atoms with E-state index < -0.39 is 20.7 Å². The molecule has 0 amide bonds. The maximum Gasteiger partial charge on any atom is 0.243 e. The number of aliphatic hydroxyl groups is 1. The van der Waals surface area contributed by atoms with Gasteiger partial charge in [-0.1, -0.05) is 19.9 Å². The first-order chi connectivity index (χ1) is 8.76. The number of hydrogen-bond donors (Lipinski definition) is 2. The fourth-order valence-corrected chi connectivity index (χ4v) is 3.27. The second-order valence-corrected chi connectivity index (χ2v) is 7.40. The zero-order valence-electron chi connectivity index (χ0n) is 11.0. The monoisotopic (exact) mass is 287 g/mol. The van der Waals surface area contributed by atoms with Gasteiger partial charge < -0.3 is 5.11 Å². The standard InChI is InChI=1S/C13H18FNO3S/c1-13(2)6-10(13)7-15-19(17,18)12-5-9(8-16)3-4-11(12)14/h3-5,10,15-16H,6-8H2,1-2H3. The van der Waals surface area contributed by atoms with Crippen LogP contribution in [-0.4, -0.2) is 20.1 Å². The molecule has 0 spiro atoms. The Morgan fingerprint density at radius 2 is 2.11 bits per heavy atom. The molecule has 1 aliphatic rings. The predicted octanol–water partition coefficient (Wildman–Crippen LogP) is 1.64. The summed E-state index contributed by atoms with van der Waals surface area (Å²) in [6.07, 6.45) is 0.967. The molecule has 1 unspecified atom stereocenters. The van der Waals surface area contributed by atoms with Crippen molar-refractivity contribution in [1.29, 1.82) is 0 Å². The third-order valence-corrected chi connectivity index (χ3v) is 5.14. The Labute approximate surface area is 112 Å². The Hall–Kier alpha value is -0.980. The highest BCUT2D eigenvalue weighted by Crippen LogP contribution is 2.51. The molecule has 0 aliphatic heterocycles. The van der Waals surface area contributed by atoms with Gasteiger partial charge in [-0.2, -0.15) is 0 Å². The van der Waals surface area contributed by atoms with Crippen molar-refractivity contribution < 1.29 is 17.9 Å². The molecular formula is C13H18FNO3S. The molecule has 1 aromatic rings. The first kappa shape index (κ1) is 14.4. The lowest BCUT2D eigenvalue weighted by Crippen LogP contribution is -2.27. The lowest BCUT2D eigenvalue weighted by molar-refractivity contribution is 0.281. The highest BCUT2D eigenvalue weighted by atomic mass is 32.2. The van der Waals surface area contributed by atoms with Crippen LogP contribution in [0.15, 0.2) is 23.1 Å². The van der Waals surface area contributed by atoms with E-state index in [1.807, 2.05) is 0 Å². The largest absolute Gasteiger partial charge is 0.392 e. The van der Waals surface area contributed by atoms with Gasteiger partial charge in [-0.05, 0) is 35.4 Å². The highest BCUT2D eigenvalue weighted by molar-refractivity contribution is 7.89. The number of sulfonamides is 1. The van der Waals surface area contributed by atoms with Gasteiger partial charge in [0.05, 0.1) is 6.61 Å². The van der Waals surface area contributed by atoms with Crippen LogP contribution < -0.4 is 4.72 Å². The Kier molecular flexibility index (Phi) is 3.68. The molecule has 6 heteroatoms. The van der Waals surface area contributed by atoms with Gasteiger partial charge in [-0.15, -0.1) is 0 Å². The molecule has 19 heavy (non-hydrogen) atoms. The average molecular weight is 287 g/mol. The molecule has 1 fully saturated rings. The van der Waals surface area contributed by atoms with E-state index in [4.69, 9.17) is 5.11 Å². The second-order valence-electron chi connectivity index (χ2n) is 5.66. The Morgan fingerprint density at radius 3 is 2.63 bits per heavy atom. The second kappa shape index (κ2) is 4.85. The number of benzene rings is 1. The quantitative estimate of drug-likeness (QED) is 0.865. The van der Waals surface area contributed by atoms with Gasteiger partial charge in [0.2, 0.25) is 10.0 Å². The van der Waals surface area contributed by atoms with Crippen LogP contribution in [0.25, 0.3) is 0 Å². The fraction of sp³-hybridized carbons (Fsp3) is 0.538. The SMILES string of the molecule is CC1(C)CC1CNS(=O)(=O)c1cc(CO)ccc1F. The molecule has 0 saturated heterocycles. The summed E-state index contributed by atoms with van der Waals surface area (Å²) in [5.74, 6) is -0.508. The molecule has 2 N–H and O–H groups in total. The number of nitrogens with one attached hydrogen (secondary N) is 1. The van der Waals surface area contributed by atoms with Crippen molar-refractivity contribution in [3.63, 3.8) is 0 Å². The zero-order chi connectivity index (χ0) is 14.3. The zero-order valence-corrected chi connectivity index (χ0v) is 11.8. The molecule has 1 atom stereocenters. The van der Waals surface area contributed by atoms with Gasteiger partial charge in [0.25, 0.3) is 0 Å². The van der Waals surface area contributed by atoms with Gasteiger partial charge in [-0.3, -0.25) is 0 Å². The van der Waals surface area contributed by atoms with Gasteiger partial charge in [0.1, 0.15) is 10.7 Å². The van der Waals surface area contributed by atoms with Crippen LogP contribution in [0.1, 0.15) is 25.8 Å². The average Bonchev–Trinajstić information content (AvgIpc) is 2.95. The van der Waals surface area contributed by atoms with Gasteiger partial charge in [0, 0.05) is 6.54 Å². The molecule has 4 nitrogen and oxygen atoms in total. The van der Waals surface area contributed by atoms with Crippen LogP contribution in [0, 0.1) is 17.2 Å². The number of aliphatic hydroxyl groups excluding tert-OH is 1. The normalized spacial score (nSPS) is 21.4. The summed E-state index contributed by atoms with van der Waals surface area (Å²) in [5, 5.41) is 8.98. The maximum atomic E-state index is 13.6. The van der Waals surface area contributed by atoms with E-state index in [0.29, 0.717) is 18.0 Å². The molecule has 1 aliphatic carbocycles. The summed E-state index contributed by atoms with van der Waals surface area (Å²) < 4.78 is 40.1. The van der Waals surface area contributed by atoms with Crippen molar-refractivity contribution in [1.82, 2.24) is 4.72 Å². The van der Waals surface area contributed by atoms with Crippen LogP contribution in [0.4, 0.5) is 4.39 Å². The van der Waals surface area contributed by atoms with E-state index in [1.165, 1.54) is 6.07 Å². The van der Waals surface area contributed by atoms with Crippen LogP contribution in [0.5, 0.6) is 0 Å². The highest BCUT2D eigenvalue weighted by Gasteiger charge is 2.45. The van der Waals surface area contributed by atoms with E-state index in [-0.39, 0.29) is 12.0 Å². The van der Waals surface area contributed by atoms with Crippen molar-refractivity contribution in [2.75, 3.05) is 6.54 Å². The Balaban J connectivity index is 2.15. The van der Waals surface area contributed by atoms with Crippen molar-refractivity contribution >= 4 is 10.0 Å². The molecule has 0 bridgehead atoms.